The number of hydrogen-bond donors (Lipinski definition) is 1. The quantitative estimate of drug-likeness (QED) is 0.868. The summed E-state index contributed by atoms with van der Waals surface area (Å²) in [6.45, 7) is 1.76. The predicted molar refractivity (Wildman–Crippen MR) is 84.8 cm³/mol. The lowest BCUT2D eigenvalue weighted by molar-refractivity contribution is 0.596. The Balaban J connectivity index is 2.35. The number of thiazole rings is 1. The van der Waals surface area contributed by atoms with E-state index < -0.39 is 10.0 Å². The molecule has 0 amide bonds. The molecular formula is C12H13N3O2S3. The second kappa shape index (κ2) is 5.47. The minimum absolute atomic E-state index is 0.218. The molecule has 1 heterocycles. The topological polar surface area (TPSA) is 76.3 Å². The molecule has 0 unspecified atom stereocenters. The smallest absolute Gasteiger partial charge is 0.275 e. The first-order valence-corrected chi connectivity index (χ1v) is 8.30. The molecule has 0 aliphatic heterocycles. The van der Waals surface area contributed by atoms with Gasteiger partial charge in [0.2, 0.25) is 0 Å². The number of benzene rings is 1. The lowest BCUT2D eigenvalue weighted by Gasteiger charge is -2.18. The van der Waals surface area contributed by atoms with Gasteiger partial charge in [-0.05, 0) is 31.2 Å². The Morgan fingerprint density at radius 2 is 1.95 bits per heavy atom. The van der Waals surface area contributed by atoms with E-state index in [2.05, 4.69) is 4.98 Å². The van der Waals surface area contributed by atoms with Crippen molar-refractivity contribution in [2.75, 3.05) is 11.4 Å². The minimum atomic E-state index is -3.58. The Hall–Kier alpha value is -1.51. The van der Waals surface area contributed by atoms with Crippen LogP contribution in [0.1, 0.15) is 10.6 Å². The van der Waals surface area contributed by atoms with Crippen molar-refractivity contribution < 1.29 is 8.42 Å². The van der Waals surface area contributed by atoms with E-state index in [0.29, 0.717) is 16.3 Å². The second-order valence-electron chi connectivity index (χ2n) is 4.08. The van der Waals surface area contributed by atoms with Crippen LogP contribution in [0, 0.1) is 6.92 Å². The van der Waals surface area contributed by atoms with E-state index in [1.165, 1.54) is 17.5 Å². The third-order valence-electron chi connectivity index (χ3n) is 2.73. The fourth-order valence-electron chi connectivity index (χ4n) is 1.57. The van der Waals surface area contributed by atoms with Crippen LogP contribution in [-0.2, 0) is 10.0 Å². The van der Waals surface area contributed by atoms with E-state index in [0.717, 1.165) is 11.3 Å². The van der Waals surface area contributed by atoms with Gasteiger partial charge in [-0.2, -0.15) is 0 Å². The Kier molecular flexibility index (Phi) is 4.07. The number of thiocarbonyl (C=S) groups is 1. The molecule has 1 aromatic carbocycles. The molecular weight excluding hydrogens is 314 g/mol. The standard InChI is InChI=1S/C12H13N3O2S3/c1-8-14-7-11(19-8)20(16,17)15(2)10-5-3-9(4-6-10)12(13)18/h3-7H,1-2H3,(H2,13,18). The number of sulfonamides is 1. The van der Waals surface area contributed by atoms with Crippen LogP contribution in [0.5, 0.6) is 0 Å². The average Bonchev–Trinajstić information content (AvgIpc) is 2.85. The van der Waals surface area contributed by atoms with Crippen LogP contribution < -0.4 is 10.0 Å². The zero-order valence-corrected chi connectivity index (χ0v) is 13.3. The molecule has 106 valence electrons. The van der Waals surface area contributed by atoms with Crippen LogP contribution >= 0.6 is 23.6 Å². The zero-order valence-electron chi connectivity index (χ0n) is 10.9. The highest BCUT2D eigenvalue weighted by Gasteiger charge is 2.23. The van der Waals surface area contributed by atoms with Crippen molar-refractivity contribution in [3.8, 4) is 0 Å². The largest absolute Gasteiger partial charge is 0.389 e. The summed E-state index contributed by atoms with van der Waals surface area (Å²) in [5.74, 6) is 0. The Bertz CT molecular complexity index is 736. The van der Waals surface area contributed by atoms with Gasteiger partial charge in [0.05, 0.1) is 16.9 Å². The van der Waals surface area contributed by atoms with Gasteiger partial charge in [-0.25, -0.2) is 13.4 Å². The molecule has 5 nitrogen and oxygen atoms in total. The summed E-state index contributed by atoms with van der Waals surface area (Å²) in [4.78, 5) is 4.25. The highest BCUT2D eigenvalue weighted by Crippen LogP contribution is 2.25. The molecule has 0 atom stereocenters. The van der Waals surface area contributed by atoms with Crippen LogP contribution in [0.3, 0.4) is 0 Å². The van der Waals surface area contributed by atoms with Gasteiger partial charge >= 0.3 is 0 Å². The van der Waals surface area contributed by atoms with Crippen molar-refractivity contribution in [1.82, 2.24) is 4.98 Å². The van der Waals surface area contributed by atoms with Gasteiger partial charge in [-0.3, -0.25) is 4.31 Å². The van der Waals surface area contributed by atoms with Crippen molar-refractivity contribution in [3.63, 3.8) is 0 Å². The lowest BCUT2D eigenvalue weighted by Crippen LogP contribution is -2.25. The van der Waals surface area contributed by atoms with Crippen molar-refractivity contribution in [2.45, 2.75) is 11.1 Å². The molecule has 0 aliphatic carbocycles. The van der Waals surface area contributed by atoms with E-state index in [1.807, 2.05) is 0 Å². The van der Waals surface area contributed by atoms with Gasteiger partial charge in [0.25, 0.3) is 10.0 Å². The number of aromatic nitrogens is 1. The molecule has 2 aromatic rings. The van der Waals surface area contributed by atoms with Gasteiger partial charge in [0, 0.05) is 12.6 Å². The molecule has 2 N–H and O–H groups in total. The summed E-state index contributed by atoms with van der Waals surface area (Å²) in [6.07, 6.45) is 1.37. The summed E-state index contributed by atoms with van der Waals surface area (Å²) in [6, 6.07) is 6.73. The highest BCUT2D eigenvalue weighted by molar-refractivity contribution is 7.94. The maximum absolute atomic E-state index is 12.4. The number of anilines is 1. The van der Waals surface area contributed by atoms with Crippen LogP contribution in [0.25, 0.3) is 0 Å². The zero-order chi connectivity index (χ0) is 14.9. The van der Waals surface area contributed by atoms with Gasteiger partial charge in [-0.15, -0.1) is 11.3 Å². The normalized spacial score (nSPS) is 11.3. The fourth-order valence-corrected chi connectivity index (χ4v) is 4.18. The number of nitrogens with zero attached hydrogens (tertiary/aromatic N) is 2. The van der Waals surface area contributed by atoms with E-state index >= 15 is 0 Å². The Labute approximate surface area is 127 Å². The third-order valence-corrected chi connectivity index (χ3v) is 6.10. The molecule has 0 saturated carbocycles. The van der Waals surface area contributed by atoms with Gasteiger partial charge in [0.1, 0.15) is 4.99 Å². The monoisotopic (exact) mass is 327 g/mol. The minimum Gasteiger partial charge on any atom is -0.389 e. The van der Waals surface area contributed by atoms with Crippen molar-refractivity contribution in [1.29, 1.82) is 0 Å². The van der Waals surface area contributed by atoms with E-state index in [1.54, 1.807) is 31.2 Å². The van der Waals surface area contributed by atoms with E-state index in [4.69, 9.17) is 18.0 Å². The second-order valence-corrected chi connectivity index (χ2v) is 7.95. The Morgan fingerprint density at radius 1 is 1.35 bits per heavy atom. The number of rotatable bonds is 4. The highest BCUT2D eigenvalue weighted by atomic mass is 32.2. The summed E-state index contributed by atoms with van der Waals surface area (Å²) in [5.41, 5.74) is 6.75. The summed E-state index contributed by atoms with van der Waals surface area (Å²) in [7, 11) is -2.08. The molecule has 0 fully saturated rings. The maximum Gasteiger partial charge on any atom is 0.275 e. The first-order valence-electron chi connectivity index (χ1n) is 5.63. The molecule has 0 bridgehead atoms. The predicted octanol–water partition coefficient (Wildman–Crippen LogP) is 1.91. The molecule has 0 spiro atoms. The molecule has 2 rings (SSSR count). The molecule has 0 saturated heterocycles. The first-order chi connectivity index (χ1) is 9.32. The lowest BCUT2D eigenvalue weighted by atomic mass is 10.2. The van der Waals surface area contributed by atoms with Crippen LogP contribution in [0.4, 0.5) is 5.69 Å². The molecule has 8 heteroatoms. The SMILES string of the molecule is Cc1ncc(S(=O)(=O)N(C)c2ccc(C(N)=S)cc2)s1. The number of hydrogen-bond acceptors (Lipinski definition) is 5. The van der Waals surface area contributed by atoms with Crippen molar-refractivity contribution in [2.24, 2.45) is 5.73 Å². The average molecular weight is 327 g/mol. The van der Waals surface area contributed by atoms with Gasteiger partial charge in [0.15, 0.2) is 4.21 Å². The van der Waals surface area contributed by atoms with Crippen LogP contribution in [0.15, 0.2) is 34.7 Å². The van der Waals surface area contributed by atoms with Crippen molar-refractivity contribution >= 4 is 44.3 Å². The van der Waals surface area contributed by atoms with Crippen LogP contribution in [-0.4, -0.2) is 25.4 Å². The molecule has 20 heavy (non-hydrogen) atoms. The molecule has 0 radical (unpaired) electrons. The Morgan fingerprint density at radius 3 is 2.40 bits per heavy atom. The van der Waals surface area contributed by atoms with Gasteiger partial charge < -0.3 is 5.73 Å². The summed E-state index contributed by atoms with van der Waals surface area (Å²) < 4.78 is 26.3. The van der Waals surface area contributed by atoms with Gasteiger partial charge in [-0.1, -0.05) is 12.2 Å². The summed E-state index contributed by atoms with van der Waals surface area (Å²) in [5, 5.41) is 0.709. The van der Waals surface area contributed by atoms with E-state index in [-0.39, 0.29) is 9.20 Å². The molecule has 1 aromatic heterocycles. The number of nitrogens with two attached hydrogens (primary N) is 1. The van der Waals surface area contributed by atoms with Crippen molar-refractivity contribution in [3.05, 3.63) is 41.0 Å². The third kappa shape index (κ3) is 2.82. The number of aryl methyl sites for hydroxylation is 1. The molecule has 0 aliphatic rings. The maximum atomic E-state index is 12.4. The van der Waals surface area contributed by atoms with E-state index in [9.17, 15) is 8.42 Å². The first kappa shape index (κ1) is 14.9. The fraction of sp³-hybridized carbons (Fsp3) is 0.167. The summed E-state index contributed by atoms with van der Waals surface area (Å²) >= 11 is 6.01. The van der Waals surface area contributed by atoms with Crippen LogP contribution in [0.2, 0.25) is 0 Å².